The molecule has 1 aromatic heterocycles. The van der Waals surface area contributed by atoms with Crippen LogP contribution >= 0.6 is 0 Å². The van der Waals surface area contributed by atoms with Gasteiger partial charge in [-0.25, -0.2) is 4.98 Å². The molecule has 0 bridgehead atoms. The lowest BCUT2D eigenvalue weighted by Gasteiger charge is -2.00. The molecule has 5 nitrogen and oxygen atoms in total. The summed E-state index contributed by atoms with van der Waals surface area (Å²) in [6, 6.07) is 6.76. The summed E-state index contributed by atoms with van der Waals surface area (Å²) in [5, 5.41) is 10.5. The van der Waals surface area contributed by atoms with E-state index < -0.39 is 0 Å². The van der Waals surface area contributed by atoms with Crippen LogP contribution in [0.5, 0.6) is 0 Å². The van der Waals surface area contributed by atoms with Crippen LogP contribution in [0.4, 0.5) is 5.69 Å². The number of nitro benzene ring substituents is 1. The third kappa shape index (κ3) is 3.41. The summed E-state index contributed by atoms with van der Waals surface area (Å²) in [6.07, 6.45) is 7.58. The van der Waals surface area contributed by atoms with Crippen molar-refractivity contribution in [2.75, 3.05) is 0 Å². The Labute approximate surface area is 105 Å². The number of H-pyrrole nitrogens is 1. The fourth-order valence-corrected chi connectivity index (χ4v) is 1.84. The third-order valence-electron chi connectivity index (χ3n) is 2.83. The highest BCUT2D eigenvalue weighted by molar-refractivity contribution is 5.32. The van der Waals surface area contributed by atoms with E-state index in [-0.39, 0.29) is 10.6 Å². The quantitative estimate of drug-likeness (QED) is 0.483. The highest BCUT2D eigenvalue weighted by Gasteiger charge is 2.03. The zero-order valence-corrected chi connectivity index (χ0v) is 10.0. The van der Waals surface area contributed by atoms with Crippen molar-refractivity contribution in [2.24, 2.45) is 0 Å². The smallest absolute Gasteiger partial charge is 0.269 e. The van der Waals surface area contributed by atoms with Gasteiger partial charge >= 0.3 is 0 Å². The van der Waals surface area contributed by atoms with Crippen LogP contribution in [0.15, 0.2) is 36.7 Å². The summed E-state index contributed by atoms with van der Waals surface area (Å²) in [6.45, 7) is 0. The molecule has 18 heavy (non-hydrogen) atoms. The number of hydrogen-bond acceptors (Lipinski definition) is 3. The summed E-state index contributed by atoms with van der Waals surface area (Å²) in [5.41, 5.74) is 1.29. The second-order valence-corrected chi connectivity index (χ2v) is 4.17. The van der Waals surface area contributed by atoms with Gasteiger partial charge in [0.15, 0.2) is 0 Å². The molecule has 5 heteroatoms. The van der Waals surface area contributed by atoms with Crippen LogP contribution in [-0.4, -0.2) is 14.9 Å². The first-order valence-corrected chi connectivity index (χ1v) is 5.97. The predicted molar refractivity (Wildman–Crippen MR) is 68.3 cm³/mol. The van der Waals surface area contributed by atoms with Gasteiger partial charge in [-0.2, -0.15) is 0 Å². The van der Waals surface area contributed by atoms with Crippen LogP contribution < -0.4 is 0 Å². The highest BCUT2D eigenvalue weighted by atomic mass is 16.6. The number of unbranched alkanes of at least 4 members (excludes halogenated alkanes) is 1. The number of benzene rings is 1. The topological polar surface area (TPSA) is 71.8 Å². The van der Waals surface area contributed by atoms with Gasteiger partial charge in [-0.15, -0.1) is 0 Å². The molecule has 2 rings (SSSR count). The van der Waals surface area contributed by atoms with Gasteiger partial charge < -0.3 is 4.98 Å². The summed E-state index contributed by atoms with van der Waals surface area (Å²) in [7, 11) is 0. The van der Waals surface area contributed by atoms with E-state index in [1.54, 1.807) is 18.3 Å². The van der Waals surface area contributed by atoms with Crippen LogP contribution in [0.25, 0.3) is 0 Å². The minimum Gasteiger partial charge on any atom is -0.349 e. The molecule has 0 fully saturated rings. The van der Waals surface area contributed by atoms with Gasteiger partial charge in [0.1, 0.15) is 5.82 Å². The maximum Gasteiger partial charge on any atom is 0.269 e. The van der Waals surface area contributed by atoms with Crippen molar-refractivity contribution in [3.63, 3.8) is 0 Å². The number of imidazole rings is 1. The number of nitrogens with one attached hydrogen (secondary N) is 1. The van der Waals surface area contributed by atoms with Crippen molar-refractivity contribution in [1.29, 1.82) is 0 Å². The van der Waals surface area contributed by atoms with E-state index >= 15 is 0 Å². The van der Waals surface area contributed by atoms with Gasteiger partial charge in [0.2, 0.25) is 0 Å². The number of nitro groups is 1. The minimum absolute atomic E-state index is 0.148. The maximum absolute atomic E-state index is 10.5. The molecule has 2 aromatic rings. The number of aromatic nitrogens is 2. The Hall–Kier alpha value is -2.17. The van der Waals surface area contributed by atoms with Crippen molar-refractivity contribution < 1.29 is 4.92 Å². The molecule has 1 aromatic carbocycles. The zero-order chi connectivity index (χ0) is 12.8. The Bertz CT molecular complexity index is 491. The molecule has 0 aliphatic carbocycles. The van der Waals surface area contributed by atoms with Crippen LogP contribution in [0.3, 0.4) is 0 Å². The van der Waals surface area contributed by atoms with E-state index in [4.69, 9.17) is 0 Å². The van der Waals surface area contributed by atoms with Crippen molar-refractivity contribution in [3.8, 4) is 0 Å². The molecule has 0 amide bonds. The maximum atomic E-state index is 10.5. The molecular formula is C13H15N3O2. The Morgan fingerprint density at radius 2 is 1.89 bits per heavy atom. The Morgan fingerprint density at radius 1 is 1.17 bits per heavy atom. The number of non-ortho nitro benzene ring substituents is 1. The van der Waals surface area contributed by atoms with Crippen molar-refractivity contribution in [1.82, 2.24) is 9.97 Å². The van der Waals surface area contributed by atoms with Crippen molar-refractivity contribution in [3.05, 3.63) is 58.2 Å². The average molecular weight is 245 g/mol. The van der Waals surface area contributed by atoms with Crippen LogP contribution in [0, 0.1) is 10.1 Å². The normalized spacial score (nSPS) is 10.4. The van der Waals surface area contributed by atoms with Crippen molar-refractivity contribution >= 4 is 5.69 Å². The summed E-state index contributed by atoms with van der Waals surface area (Å²) >= 11 is 0. The lowest BCUT2D eigenvalue weighted by atomic mass is 10.1. The van der Waals surface area contributed by atoms with Gasteiger partial charge in [0.25, 0.3) is 5.69 Å². The van der Waals surface area contributed by atoms with Gasteiger partial charge in [0.05, 0.1) is 4.92 Å². The molecule has 0 unspecified atom stereocenters. The predicted octanol–water partition coefficient (Wildman–Crippen LogP) is 2.88. The van der Waals surface area contributed by atoms with E-state index in [0.29, 0.717) is 0 Å². The first-order chi connectivity index (χ1) is 8.75. The van der Waals surface area contributed by atoms with Crippen LogP contribution in [-0.2, 0) is 12.8 Å². The molecule has 1 heterocycles. The SMILES string of the molecule is O=[N+]([O-])c1ccc(CCCCc2ncc[nH]2)cc1. The lowest BCUT2D eigenvalue weighted by Crippen LogP contribution is -1.92. The van der Waals surface area contributed by atoms with E-state index in [0.717, 1.165) is 37.1 Å². The minimum atomic E-state index is -0.374. The largest absolute Gasteiger partial charge is 0.349 e. The van der Waals surface area contributed by atoms with E-state index in [2.05, 4.69) is 9.97 Å². The average Bonchev–Trinajstić information content (AvgIpc) is 2.88. The van der Waals surface area contributed by atoms with Gasteiger partial charge in [-0.1, -0.05) is 12.1 Å². The number of rotatable bonds is 6. The molecule has 0 aliphatic rings. The van der Waals surface area contributed by atoms with Gasteiger partial charge in [0, 0.05) is 30.9 Å². The van der Waals surface area contributed by atoms with E-state index in [9.17, 15) is 10.1 Å². The zero-order valence-electron chi connectivity index (χ0n) is 10.0. The second kappa shape index (κ2) is 5.95. The number of aryl methyl sites for hydroxylation is 2. The first-order valence-electron chi connectivity index (χ1n) is 5.97. The van der Waals surface area contributed by atoms with Gasteiger partial charge in [-0.05, 0) is 24.8 Å². The molecule has 94 valence electrons. The Morgan fingerprint density at radius 3 is 2.50 bits per heavy atom. The summed E-state index contributed by atoms with van der Waals surface area (Å²) in [4.78, 5) is 17.4. The molecule has 0 spiro atoms. The molecule has 0 saturated heterocycles. The van der Waals surface area contributed by atoms with Gasteiger partial charge in [-0.3, -0.25) is 10.1 Å². The van der Waals surface area contributed by atoms with E-state index in [1.165, 1.54) is 0 Å². The number of nitrogens with zero attached hydrogens (tertiary/aromatic N) is 2. The highest BCUT2D eigenvalue weighted by Crippen LogP contribution is 2.14. The van der Waals surface area contributed by atoms with Crippen LogP contribution in [0.2, 0.25) is 0 Å². The molecule has 0 radical (unpaired) electrons. The molecular weight excluding hydrogens is 230 g/mol. The summed E-state index contributed by atoms with van der Waals surface area (Å²) in [5.74, 6) is 1.01. The van der Waals surface area contributed by atoms with E-state index in [1.807, 2.05) is 18.3 Å². The lowest BCUT2D eigenvalue weighted by molar-refractivity contribution is -0.384. The Balaban J connectivity index is 1.75. The van der Waals surface area contributed by atoms with Crippen LogP contribution in [0.1, 0.15) is 24.2 Å². The number of hydrogen-bond donors (Lipinski definition) is 1. The second-order valence-electron chi connectivity index (χ2n) is 4.17. The Kier molecular flexibility index (Phi) is 4.06. The third-order valence-corrected chi connectivity index (χ3v) is 2.83. The monoisotopic (exact) mass is 245 g/mol. The molecule has 0 saturated carbocycles. The molecule has 0 aliphatic heterocycles. The molecule has 1 N–H and O–H groups in total. The summed E-state index contributed by atoms with van der Waals surface area (Å²) < 4.78 is 0. The molecule has 0 atom stereocenters. The van der Waals surface area contributed by atoms with Crippen molar-refractivity contribution in [2.45, 2.75) is 25.7 Å². The first kappa shape index (κ1) is 12.3. The number of aromatic amines is 1. The fraction of sp³-hybridized carbons (Fsp3) is 0.308. The standard InChI is InChI=1S/C13H15N3O2/c17-16(18)12-7-5-11(6-8-12)3-1-2-4-13-14-9-10-15-13/h5-10H,1-4H2,(H,14,15). The fourth-order valence-electron chi connectivity index (χ4n) is 1.84.